The summed E-state index contributed by atoms with van der Waals surface area (Å²) in [6.07, 6.45) is 2.70. The number of carbonyl (C=O) groups is 1. The Morgan fingerprint density at radius 1 is 1.41 bits per heavy atom. The Kier molecular flexibility index (Phi) is 3.42. The number of halogens is 1. The lowest BCUT2D eigenvalue weighted by Gasteiger charge is -2.08. The average molecular weight is 318 g/mol. The zero-order chi connectivity index (χ0) is 15.9. The molecule has 0 unspecified atom stereocenters. The van der Waals surface area contributed by atoms with Crippen LogP contribution in [0.15, 0.2) is 35.5 Å². The molecule has 0 bridgehead atoms. The fraction of sp³-hybridized carbons (Fsp3) is 0.143. The number of carbonyl (C=O) groups excluding carboxylic acids is 1. The van der Waals surface area contributed by atoms with Gasteiger partial charge in [-0.1, -0.05) is 17.7 Å². The van der Waals surface area contributed by atoms with Crippen LogP contribution in [0, 0.1) is 6.92 Å². The first-order chi connectivity index (χ1) is 10.5. The van der Waals surface area contributed by atoms with Crippen LogP contribution in [0.1, 0.15) is 5.56 Å². The summed E-state index contributed by atoms with van der Waals surface area (Å²) in [6.45, 7) is 1.69. The van der Waals surface area contributed by atoms with E-state index in [2.05, 4.69) is 10.1 Å². The van der Waals surface area contributed by atoms with Crippen LogP contribution in [0.2, 0.25) is 5.02 Å². The molecule has 2 aromatic heterocycles. The lowest BCUT2D eigenvalue weighted by atomic mass is 10.2. The van der Waals surface area contributed by atoms with E-state index in [1.807, 2.05) is 13.0 Å². The number of aryl methyl sites for hydroxylation is 1. The van der Waals surface area contributed by atoms with Crippen molar-refractivity contribution >= 4 is 28.5 Å². The van der Waals surface area contributed by atoms with Crippen LogP contribution in [-0.2, 0) is 11.3 Å². The topological polar surface area (TPSA) is 95.8 Å². The average Bonchev–Trinajstić information content (AvgIpc) is 2.89. The van der Waals surface area contributed by atoms with Crippen molar-refractivity contribution in [3.63, 3.8) is 0 Å². The molecule has 3 aromatic rings. The molecule has 22 heavy (non-hydrogen) atoms. The standard InChI is InChI=1S/C14H12ClN5O2/c1-8-2-3-9(15)4-11(8)20-13-10(5-18-20)14(22)19(7-17-13)6-12(16)21/h2-5,7H,6H2,1H3,(H2,16,21). The fourth-order valence-corrected chi connectivity index (χ4v) is 2.38. The van der Waals surface area contributed by atoms with Crippen LogP contribution < -0.4 is 11.3 Å². The molecule has 112 valence electrons. The van der Waals surface area contributed by atoms with Crippen molar-refractivity contribution in [2.45, 2.75) is 13.5 Å². The first-order valence-electron chi connectivity index (χ1n) is 6.45. The number of aromatic nitrogens is 4. The summed E-state index contributed by atoms with van der Waals surface area (Å²) >= 11 is 6.02. The number of hydrogen-bond donors (Lipinski definition) is 1. The molecule has 0 atom stereocenters. The molecule has 7 nitrogen and oxygen atoms in total. The van der Waals surface area contributed by atoms with E-state index in [0.29, 0.717) is 16.1 Å². The number of rotatable bonds is 3. The Labute approximate surface area is 129 Å². The van der Waals surface area contributed by atoms with Crippen molar-refractivity contribution in [2.75, 3.05) is 0 Å². The number of benzene rings is 1. The lowest BCUT2D eigenvalue weighted by Crippen LogP contribution is -2.28. The van der Waals surface area contributed by atoms with E-state index in [0.717, 1.165) is 15.8 Å². The van der Waals surface area contributed by atoms with Gasteiger partial charge in [-0.05, 0) is 24.6 Å². The molecule has 0 aliphatic rings. The highest BCUT2D eigenvalue weighted by Gasteiger charge is 2.13. The Hall–Kier alpha value is -2.67. The molecule has 0 aliphatic heterocycles. The zero-order valence-corrected chi connectivity index (χ0v) is 12.4. The number of nitrogens with zero attached hydrogens (tertiary/aromatic N) is 4. The molecule has 1 aromatic carbocycles. The number of amides is 1. The minimum absolute atomic E-state index is 0.219. The molecule has 2 heterocycles. The Morgan fingerprint density at radius 3 is 2.91 bits per heavy atom. The quantitative estimate of drug-likeness (QED) is 0.780. The largest absolute Gasteiger partial charge is 0.368 e. The minimum Gasteiger partial charge on any atom is -0.368 e. The second-order valence-corrected chi connectivity index (χ2v) is 5.30. The smallest absolute Gasteiger partial charge is 0.264 e. The second kappa shape index (κ2) is 5.27. The van der Waals surface area contributed by atoms with Crippen LogP contribution in [0.3, 0.4) is 0 Å². The van der Waals surface area contributed by atoms with Gasteiger partial charge in [0.2, 0.25) is 5.91 Å². The Bertz CT molecular complexity index is 944. The van der Waals surface area contributed by atoms with E-state index >= 15 is 0 Å². The maximum absolute atomic E-state index is 12.3. The molecule has 0 aliphatic carbocycles. The van der Waals surface area contributed by atoms with Gasteiger partial charge in [-0.2, -0.15) is 5.10 Å². The fourth-order valence-electron chi connectivity index (χ4n) is 2.22. The van der Waals surface area contributed by atoms with E-state index < -0.39 is 5.91 Å². The van der Waals surface area contributed by atoms with Crippen LogP contribution in [-0.4, -0.2) is 25.2 Å². The summed E-state index contributed by atoms with van der Waals surface area (Å²) in [7, 11) is 0. The minimum atomic E-state index is -0.610. The van der Waals surface area contributed by atoms with Crippen molar-refractivity contribution < 1.29 is 4.79 Å². The molecular weight excluding hydrogens is 306 g/mol. The summed E-state index contributed by atoms with van der Waals surface area (Å²) in [4.78, 5) is 27.5. The van der Waals surface area contributed by atoms with Gasteiger partial charge < -0.3 is 5.73 Å². The predicted octanol–water partition coefficient (Wildman–Crippen LogP) is 1.03. The Balaban J connectivity index is 2.22. The lowest BCUT2D eigenvalue weighted by molar-refractivity contribution is -0.118. The van der Waals surface area contributed by atoms with E-state index in [1.54, 1.807) is 16.8 Å². The van der Waals surface area contributed by atoms with E-state index in [1.165, 1.54) is 12.5 Å². The van der Waals surface area contributed by atoms with E-state index in [-0.39, 0.29) is 12.1 Å². The van der Waals surface area contributed by atoms with Gasteiger partial charge in [0.1, 0.15) is 18.3 Å². The normalized spacial score (nSPS) is 11.0. The Morgan fingerprint density at radius 2 is 2.18 bits per heavy atom. The summed E-state index contributed by atoms with van der Waals surface area (Å²) in [6, 6.07) is 5.39. The van der Waals surface area contributed by atoms with Crippen LogP contribution in [0.25, 0.3) is 16.7 Å². The van der Waals surface area contributed by atoms with Gasteiger partial charge in [0.15, 0.2) is 5.65 Å². The van der Waals surface area contributed by atoms with Gasteiger partial charge in [0.25, 0.3) is 5.56 Å². The summed E-state index contributed by atoms with van der Waals surface area (Å²) in [5.41, 5.74) is 6.82. The molecule has 3 rings (SSSR count). The van der Waals surface area contributed by atoms with Gasteiger partial charge in [-0.15, -0.1) is 0 Å². The molecular formula is C14H12ClN5O2. The van der Waals surface area contributed by atoms with Gasteiger partial charge in [0, 0.05) is 5.02 Å². The number of primary amides is 1. The van der Waals surface area contributed by atoms with Crippen LogP contribution in [0.4, 0.5) is 0 Å². The summed E-state index contributed by atoms with van der Waals surface area (Å²) in [5.74, 6) is -0.610. The third kappa shape index (κ3) is 2.35. The van der Waals surface area contributed by atoms with Crippen LogP contribution >= 0.6 is 11.6 Å². The molecule has 0 saturated carbocycles. The van der Waals surface area contributed by atoms with Gasteiger partial charge in [-0.3, -0.25) is 14.2 Å². The monoisotopic (exact) mass is 317 g/mol. The third-order valence-electron chi connectivity index (χ3n) is 3.28. The molecule has 0 fully saturated rings. The molecule has 2 N–H and O–H groups in total. The first-order valence-corrected chi connectivity index (χ1v) is 6.83. The summed E-state index contributed by atoms with van der Waals surface area (Å²) in [5, 5.41) is 5.08. The summed E-state index contributed by atoms with van der Waals surface area (Å²) < 4.78 is 2.70. The highest BCUT2D eigenvalue weighted by molar-refractivity contribution is 6.30. The highest BCUT2D eigenvalue weighted by Crippen LogP contribution is 2.21. The van der Waals surface area contributed by atoms with Gasteiger partial charge >= 0.3 is 0 Å². The van der Waals surface area contributed by atoms with Crippen molar-refractivity contribution in [3.05, 3.63) is 51.7 Å². The zero-order valence-electron chi connectivity index (χ0n) is 11.7. The van der Waals surface area contributed by atoms with Crippen molar-refractivity contribution in [3.8, 4) is 5.69 Å². The van der Waals surface area contributed by atoms with Gasteiger partial charge in [0.05, 0.1) is 11.9 Å². The number of fused-ring (bicyclic) bond motifs is 1. The first kappa shape index (κ1) is 14.3. The number of nitrogens with two attached hydrogens (primary N) is 1. The van der Waals surface area contributed by atoms with E-state index in [9.17, 15) is 9.59 Å². The van der Waals surface area contributed by atoms with Crippen LogP contribution in [0.5, 0.6) is 0 Å². The maximum Gasteiger partial charge on any atom is 0.264 e. The molecule has 0 saturated heterocycles. The highest BCUT2D eigenvalue weighted by atomic mass is 35.5. The maximum atomic E-state index is 12.3. The SMILES string of the molecule is Cc1ccc(Cl)cc1-n1ncc2c(=O)n(CC(N)=O)cnc21. The third-order valence-corrected chi connectivity index (χ3v) is 3.52. The molecule has 0 radical (unpaired) electrons. The predicted molar refractivity (Wildman–Crippen MR) is 82.1 cm³/mol. The van der Waals surface area contributed by atoms with E-state index in [4.69, 9.17) is 17.3 Å². The van der Waals surface area contributed by atoms with Crippen molar-refractivity contribution in [1.29, 1.82) is 0 Å². The molecule has 8 heteroatoms. The number of hydrogen-bond acceptors (Lipinski definition) is 4. The van der Waals surface area contributed by atoms with Crippen molar-refractivity contribution in [2.24, 2.45) is 5.73 Å². The molecule has 1 amide bonds. The second-order valence-electron chi connectivity index (χ2n) is 4.87. The molecule has 0 spiro atoms. The van der Waals surface area contributed by atoms with Gasteiger partial charge in [-0.25, -0.2) is 9.67 Å². The van der Waals surface area contributed by atoms with Crippen molar-refractivity contribution in [1.82, 2.24) is 19.3 Å².